The Morgan fingerprint density at radius 1 is 1.28 bits per heavy atom. The molecule has 96 valence electrons. The highest BCUT2D eigenvalue weighted by molar-refractivity contribution is 7.84. The molecule has 0 aliphatic carbocycles. The first-order valence-electron chi connectivity index (χ1n) is 5.17. The van der Waals surface area contributed by atoms with Crippen molar-refractivity contribution >= 4 is 34.0 Å². The second-order valence-electron chi connectivity index (χ2n) is 3.79. The molecule has 0 fully saturated rings. The number of hydrogen-bond donors (Lipinski definition) is 0. The lowest BCUT2D eigenvalue weighted by molar-refractivity contribution is 0.679. The van der Waals surface area contributed by atoms with Gasteiger partial charge in [-0.3, -0.25) is 4.21 Å². The van der Waals surface area contributed by atoms with Crippen LogP contribution in [0.2, 0.25) is 10.0 Å². The summed E-state index contributed by atoms with van der Waals surface area (Å²) in [5.41, 5.74) is 0. The highest BCUT2D eigenvalue weighted by atomic mass is 35.5. The van der Waals surface area contributed by atoms with Gasteiger partial charge in [0.1, 0.15) is 11.6 Å². The molecule has 0 saturated heterocycles. The summed E-state index contributed by atoms with van der Waals surface area (Å²) in [5, 5.41) is 8.76. The summed E-state index contributed by atoms with van der Waals surface area (Å²) in [7, 11) is 0.628. The largest absolute Gasteiger partial charge is 0.318 e. The van der Waals surface area contributed by atoms with Gasteiger partial charge in [-0.25, -0.2) is 0 Å². The van der Waals surface area contributed by atoms with E-state index in [9.17, 15) is 4.21 Å². The van der Waals surface area contributed by atoms with E-state index in [1.54, 1.807) is 18.2 Å². The first-order chi connectivity index (χ1) is 8.49. The molecule has 1 aromatic carbocycles. The summed E-state index contributed by atoms with van der Waals surface area (Å²) in [6, 6.07) is 4.95. The smallest absolute Gasteiger partial charge is 0.145 e. The number of rotatable bonds is 3. The van der Waals surface area contributed by atoms with E-state index in [2.05, 4.69) is 10.2 Å². The molecule has 0 aliphatic heterocycles. The molecular formula is C11H11Cl2N3OS. The molecule has 0 unspecified atom stereocenters. The Balaban J connectivity index is 2.22. The molecule has 2 rings (SSSR count). The molecule has 2 aromatic rings. The van der Waals surface area contributed by atoms with Crippen LogP contribution in [0.3, 0.4) is 0 Å². The molecule has 0 saturated carbocycles. The molecule has 4 nitrogen and oxygen atoms in total. The van der Waals surface area contributed by atoms with Crippen molar-refractivity contribution in [2.75, 3.05) is 0 Å². The van der Waals surface area contributed by atoms with Gasteiger partial charge in [-0.1, -0.05) is 23.2 Å². The fourth-order valence-electron chi connectivity index (χ4n) is 1.40. The zero-order chi connectivity index (χ0) is 13.3. The molecule has 18 heavy (non-hydrogen) atoms. The van der Waals surface area contributed by atoms with E-state index in [0.717, 1.165) is 5.82 Å². The third kappa shape index (κ3) is 2.74. The van der Waals surface area contributed by atoms with Crippen LogP contribution in [-0.2, 0) is 23.6 Å². The Morgan fingerprint density at radius 3 is 2.56 bits per heavy atom. The second kappa shape index (κ2) is 5.38. The van der Waals surface area contributed by atoms with Gasteiger partial charge < -0.3 is 4.57 Å². The van der Waals surface area contributed by atoms with Crippen molar-refractivity contribution in [1.82, 2.24) is 14.8 Å². The van der Waals surface area contributed by atoms with E-state index in [0.29, 0.717) is 26.5 Å². The minimum Gasteiger partial charge on any atom is -0.318 e. The lowest BCUT2D eigenvalue weighted by Gasteiger charge is -2.04. The molecule has 7 heteroatoms. The van der Waals surface area contributed by atoms with Gasteiger partial charge in [0.2, 0.25) is 0 Å². The predicted molar refractivity (Wildman–Crippen MR) is 72.3 cm³/mol. The van der Waals surface area contributed by atoms with E-state index in [1.165, 1.54) is 0 Å². The van der Waals surface area contributed by atoms with Crippen LogP contribution in [-0.4, -0.2) is 19.0 Å². The van der Waals surface area contributed by atoms with Crippen molar-refractivity contribution in [1.29, 1.82) is 0 Å². The van der Waals surface area contributed by atoms with E-state index in [4.69, 9.17) is 23.2 Å². The molecule has 0 bridgehead atoms. The van der Waals surface area contributed by atoms with Gasteiger partial charge >= 0.3 is 0 Å². The van der Waals surface area contributed by atoms with Crippen molar-refractivity contribution in [2.45, 2.75) is 17.6 Å². The fourth-order valence-corrected chi connectivity index (χ4v) is 2.88. The van der Waals surface area contributed by atoms with Crippen LogP contribution in [0.4, 0.5) is 0 Å². The molecule has 0 amide bonds. The molecule has 0 N–H and O–H groups in total. The lowest BCUT2D eigenvalue weighted by Crippen LogP contribution is -2.04. The van der Waals surface area contributed by atoms with Crippen LogP contribution in [0.25, 0.3) is 0 Å². The summed E-state index contributed by atoms with van der Waals surface area (Å²) >= 11 is 11.7. The monoisotopic (exact) mass is 303 g/mol. The summed E-state index contributed by atoms with van der Waals surface area (Å²) in [4.78, 5) is 0.630. The zero-order valence-electron chi connectivity index (χ0n) is 9.85. The average Bonchev–Trinajstić information content (AvgIpc) is 2.64. The Morgan fingerprint density at radius 2 is 2.00 bits per heavy atom. The quantitative estimate of drug-likeness (QED) is 0.876. The molecule has 0 aliphatic rings. The third-order valence-electron chi connectivity index (χ3n) is 2.60. The number of nitrogens with zero attached hydrogens (tertiary/aromatic N) is 3. The van der Waals surface area contributed by atoms with Crippen LogP contribution in [0.1, 0.15) is 11.6 Å². The second-order valence-corrected chi connectivity index (χ2v) is 6.05. The maximum absolute atomic E-state index is 12.2. The Hall–Kier alpha value is -0.910. The SMILES string of the molecule is Cc1nnc(C[S@@](=O)c2ccc(Cl)c(Cl)c2)n1C. The van der Waals surface area contributed by atoms with Crippen LogP contribution in [0.5, 0.6) is 0 Å². The summed E-state index contributed by atoms with van der Waals surface area (Å²) in [6.45, 7) is 1.85. The van der Waals surface area contributed by atoms with Gasteiger partial charge in [-0.2, -0.15) is 0 Å². The molecule has 1 heterocycles. The lowest BCUT2D eigenvalue weighted by atomic mass is 10.4. The zero-order valence-corrected chi connectivity index (χ0v) is 12.2. The Kier molecular flexibility index (Phi) is 4.04. The van der Waals surface area contributed by atoms with Gasteiger partial charge in [0.15, 0.2) is 0 Å². The van der Waals surface area contributed by atoms with Crippen LogP contribution >= 0.6 is 23.2 Å². The summed E-state index contributed by atoms with van der Waals surface area (Å²) < 4.78 is 14.0. The molecule has 0 spiro atoms. The van der Waals surface area contributed by atoms with E-state index in [-0.39, 0.29) is 0 Å². The maximum atomic E-state index is 12.2. The number of aromatic nitrogens is 3. The van der Waals surface area contributed by atoms with Gasteiger partial charge in [0, 0.05) is 11.9 Å². The topological polar surface area (TPSA) is 47.8 Å². The normalized spacial score (nSPS) is 12.7. The van der Waals surface area contributed by atoms with Crippen molar-refractivity contribution in [3.05, 3.63) is 39.9 Å². The minimum atomic E-state index is -1.22. The van der Waals surface area contributed by atoms with Gasteiger partial charge in [0.05, 0.1) is 26.6 Å². The van der Waals surface area contributed by atoms with Crippen LogP contribution in [0.15, 0.2) is 23.1 Å². The first kappa shape index (κ1) is 13.5. The van der Waals surface area contributed by atoms with E-state index < -0.39 is 10.8 Å². The molecule has 0 radical (unpaired) electrons. The van der Waals surface area contributed by atoms with Crippen LogP contribution < -0.4 is 0 Å². The van der Waals surface area contributed by atoms with Crippen LogP contribution in [0, 0.1) is 6.92 Å². The molecular weight excluding hydrogens is 293 g/mol. The molecule has 1 aromatic heterocycles. The van der Waals surface area contributed by atoms with Crippen molar-refractivity contribution in [3.8, 4) is 0 Å². The van der Waals surface area contributed by atoms with Gasteiger partial charge in [0.25, 0.3) is 0 Å². The standard InChI is InChI=1S/C11H11Cl2N3OS/c1-7-14-15-11(16(7)2)6-18(17)8-3-4-9(12)10(13)5-8/h3-5H,6H2,1-2H3/t18-/m1/s1. The van der Waals surface area contributed by atoms with Crippen molar-refractivity contribution in [2.24, 2.45) is 7.05 Å². The Labute approximate surface area is 117 Å². The fraction of sp³-hybridized carbons (Fsp3) is 0.273. The number of aryl methyl sites for hydroxylation is 1. The highest BCUT2D eigenvalue weighted by Gasteiger charge is 2.12. The maximum Gasteiger partial charge on any atom is 0.145 e. The average molecular weight is 304 g/mol. The number of benzene rings is 1. The van der Waals surface area contributed by atoms with E-state index >= 15 is 0 Å². The molecule has 1 atom stereocenters. The van der Waals surface area contributed by atoms with Crippen molar-refractivity contribution in [3.63, 3.8) is 0 Å². The minimum absolute atomic E-state index is 0.301. The van der Waals surface area contributed by atoms with Gasteiger partial charge in [-0.15, -0.1) is 10.2 Å². The van der Waals surface area contributed by atoms with Gasteiger partial charge in [-0.05, 0) is 25.1 Å². The number of hydrogen-bond acceptors (Lipinski definition) is 3. The third-order valence-corrected chi connectivity index (χ3v) is 4.64. The number of halogens is 2. The Bertz CT molecular complexity index is 612. The van der Waals surface area contributed by atoms with Crippen molar-refractivity contribution < 1.29 is 4.21 Å². The van der Waals surface area contributed by atoms with E-state index in [1.807, 2.05) is 18.5 Å². The summed E-state index contributed by atoms with van der Waals surface area (Å²) in [6.07, 6.45) is 0. The summed E-state index contributed by atoms with van der Waals surface area (Å²) in [5.74, 6) is 1.77. The highest BCUT2D eigenvalue weighted by Crippen LogP contribution is 2.24. The predicted octanol–water partition coefficient (Wildman–Crippen LogP) is 2.74. The first-order valence-corrected chi connectivity index (χ1v) is 7.25.